The predicted octanol–water partition coefficient (Wildman–Crippen LogP) is 4.40. The summed E-state index contributed by atoms with van der Waals surface area (Å²) in [4.78, 5) is 0. The van der Waals surface area contributed by atoms with Crippen molar-refractivity contribution in [2.75, 3.05) is 5.33 Å². The van der Waals surface area contributed by atoms with Gasteiger partial charge in [-0.1, -0.05) is 51.8 Å². The monoisotopic (exact) mass is 264 g/mol. The van der Waals surface area contributed by atoms with E-state index in [9.17, 15) is 0 Å². The van der Waals surface area contributed by atoms with E-state index in [-0.39, 0.29) is 0 Å². The zero-order valence-electron chi connectivity index (χ0n) is 6.28. The van der Waals surface area contributed by atoms with E-state index in [0.717, 1.165) is 11.1 Å². The fourth-order valence-electron chi connectivity index (χ4n) is 0.902. The van der Waals surface area contributed by atoms with Crippen molar-refractivity contribution in [2.45, 2.75) is 0 Å². The van der Waals surface area contributed by atoms with Crippen molar-refractivity contribution in [2.24, 2.45) is 0 Å². The van der Waals surface area contributed by atoms with Gasteiger partial charge in [0.15, 0.2) is 0 Å². The Morgan fingerprint density at radius 3 is 2.25 bits per heavy atom. The molecule has 0 N–H and O–H groups in total. The number of alkyl halides is 1. The fraction of sp³-hybridized carbons (Fsp3) is 0.111. The third kappa shape index (κ3) is 2.03. The first-order valence-electron chi connectivity index (χ1n) is 3.35. The molecule has 0 heterocycles. The first-order chi connectivity index (χ1) is 5.66. The van der Waals surface area contributed by atoms with Gasteiger partial charge >= 0.3 is 0 Å². The summed E-state index contributed by atoms with van der Waals surface area (Å²) in [6.07, 6.45) is 0. The zero-order chi connectivity index (χ0) is 9.14. The van der Waals surface area contributed by atoms with E-state index in [2.05, 4.69) is 22.5 Å². The quantitative estimate of drug-likeness (QED) is 0.696. The van der Waals surface area contributed by atoms with Crippen LogP contribution >= 0.6 is 39.1 Å². The highest BCUT2D eigenvalue weighted by Gasteiger charge is 2.07. The van der Waals surface area contributed by atoms with Gasteiger partial charge in [-0.05, 0) is 17.7 Å². The Hall–Kier alpha value is 0.0200. The lowest BCUT2D eigenvalue weighted by Gasteiger charge is -2.06. The first kappa shape index (κ1) is 10.1. The average molecular weight is 266 g/mol. The molecule has 0 aromatic heterocycles. The average Bonchev–Trinajstić information content (AvgIpc) is 2.03. The molecular weight excluding hydrogens is 259 g/mol. The van der Waals surface area contributed by atoms with Crippen molar-refractivity contribution in [1.82, 2.24) is 0 Å². The van der Waals surface area contributed by atoms with Crippen LogP contribution in [0.15, 0.2) is 24.8 Å². The second-order valence-corrected chi connectivity index (χ2v) is 3.71. The van der Waals surface area contributed by atoms with Crippen LogP contribution < -0.4 is 0 Å². The Morgan fingerprint density at radius 2 is 1.83 bits per heavy atom. The van der Waals surface area contributed by atoms with Crippen molar-refractivity contribution < 1.29 is 0 Å². The Morgan fingerprint density at radius 1 is 1.33 bits per heavy atom. The molecule has 0 aliphatic heterocycles. The van der Waals surface area contributed by atoms with Crippen LogP contribution in [0.2, 0.25) is 10.0 Å². The lowest BCUT2D eigenvalue weighted by molar-refractivity contribution is 1.59. The van der Waals surface area contributed by atoms with Crippen LogP contribution in [-0.2, 0) is 0 Å². The summed E-state index contributed by atoms with van der Waals surface area (Å²) in [6.45, 7) is 3.85. The standard InChI is InChI=1S/C9H7BrCl2/c1-6(5-10)9-7(11)3-2-4-8(9)12/h2-4H,1,5H2. The largest absolute Gasteiger partial charge is 0.0943 e. The summed E-state index contributed by atoms with van der Waals surface area (Å²) in [5.41, 5.74) is 1.73. The predicted molar refractivity (Wildman–Crippen MR) is 59.3 cm³/mol. The molecule has 1 aromatic carbocycles. The van der Waals surface area contributed by atoms with E-state index in [1.165, 1.54) is 0 Å². The third-order valence-electron chi connectivity index (χ3n) is 1.48. The summed E-state index contributed by atoms with van der Waals surface area (Å²) in [5.74, 6) is 0. The first-order valence-corrected chi connectivity index (χ1v) is 5.22. The van der Waals surface area contributed by atoms with Gasteiger partial charge in [-0.15, -0.1) is 0 Å². The molecule has 0 amide bonds. The van der Waals surface area contributed by atoms with Gasteiger partial charge in [0.1, 0.15) is 0 Å². The highest BCUT2D eigenvalue weighted by Crippen LogP contribution is 2.30. The molecule has 0 spiro atoms. The van der Waals surface area contributed by atoms with Crippen LogP contribution in [0, 0.1) is 0 Å². The molecule has 1 aromatic rings. The van der Waals surface area contributed by atoms with E-state index in [1.807, 2.05) is 6.07 Å². The van der Waals surface area contributed by atoms with Crippen LogP contribution in [0.5, 0.6) is 0 Å². The second-order valence-electron chi connectivity index (χ2n) is 2.33. The minimum atomic E-state index is 0.645. The molecule has 1 rings (SSSR count). The smallest absolute Gasteiger partial charge is 0.0496 e. The number of halogens is 3. The lowest BCUT2D eigenvalue weighted by Crippen LogP contribution is -1.86. The van der Waals surface area contributed by atoms with Gasteiger partial charge in [0.25, 0.3) is 0 Å². The molecule has 0 bridgehead atoms. The normalized spacial score (nSPS) is 9.92. The van der Waals surface area contributed by atoms with E-state index in [0.29, 0.717) is 15.4 Å². The summed E-state index contributed by atoms with van der Waals surface area (Å²) in [6, 6.07) is 5.42. The van der Waals surface area contributed by atoms with Crippen molar-refractivity contribution >= 4 is 44.7 Å². The Kier molecular flexibility index (Phi) is 3.63. The molecule has 0 unspecified atom stereocenters. The van der Waals surface area contributed by atoms with Gasteiger partial charge in [-0.3, -0.25) is 0 Å². The summed E-state index contributed by atoms with van der Waals surface area (Å²) in [7, 11) is 0. The topological polar surface area (TPSA) is 0 Å². The molecule has 0 aliphatic carbocycles. The minimum Gasteiger partial charge on any atom is -0.0943 e. The van der Waals surface area contributed by atoms with E-state index in [4.69, 9.17) is 23.2 Å². The molecule has 0 saturated heterocycles. The van der Waals surface area contributed by atoms with Gasteiger partial charge in [0.05, 0.1) is 0 Å². The summed E-state index contributed by atoms with van der Waals surface area (Å²) < 4.78 is 0. The second kappa shape index (κ2) is 4.31. The zero-order valence-corrected chi connectivity index (χ0v) is 9.38. The number of allylic oxidation sites excluding steroid dienone is 1. The van der Waals surface area contributed by atoms with Crippen molar-refractivity contribution in [3.05, 3.63) is 40.4 Å². The maximum Gasteiger partial charge on any atom is 0.0496 e. The molecule has 0 atom stereocenters. The third-order valence-corrected chi connectivity index (χ3v) is 2.78. The molecule has 0 nitrogen and oxygen atoms in total. The highest BCUT2D eigenvalue weighted by atomic mass is 79.9. The lowest BCUT2D eigenvalue weighted by atomic mass is 10.1. The van der Waals surface area contributed by atoms with Crippen molar-refractivity contribution in [1.29, 1.82) is 0 Å². The van der Waals surface area contributed by atoms with Crippen LogP contribution in [0.3, 0.4) is 0 Å². The van der Waals surface area contributed by atoms with Crippen LogP contribution in [0.4, 0.5) is 0 Å². The van der Waals surface area contributed by atoms with E-state index < -0.39 is 0 Å². The molecule has 0 aliphatic rings. The SMILES string of the molecule is C=C(CBr)c1c(Cl)cccc1Cl. The van der Waals surface area contributed by atoms with Crippen molar-refractivity contribution in [3.8, 4) is 0 Å². The number of benzene rings is 1. The minimum absolute atomic E-state index is 0.645. The maximum absolute atomic E-state index is 5.94. The van der Waals surface area contributed by atoms with E-state index >= 15 is 0 Å². The van der Waals surface area contributed by atoms with Crippen LogP contribution in [0.1, 0.15) is 5.56 Å². The van der Waals surface area contributed by atoms with Crippen LogP contribution in [-0.4, -0.2) is 5.33 Å². The Labute approximate surface area is 90.3 Å². The van der Waals surface area contributed by atoms with Gasteiger partial charge in [0.2, 0.25) is 0 Å². The van der Waals surface area contributed by atoms with Crippen molar-refractivity contribution in [3.63, 3.8) is 0 Å². The fourth-order valence-corrected chi connectivity index (χ4v) is 1.85. The molecule has 0 saturated carbocycles. The molecule has 0 radical (unpaired) electrons. The van der Waals surface area contributed by atoms with Gasteiger partial charge in [-0.2, -0.15) is 0 Å². The molecule has 12 heavy (non-hydrogen) atoms. The Bertz CT molecular complexity index is 287. The maximum atomic E-state index is 5.94. The van der Waals surface area contributed by atoms with Crippen LogP contribution in [0.25, 0.3) is 5.57 Å². The molecule has 3 heteroatoms. The number of hydrogen-bond donors (Lipinski definition) is 0. The molecular formula is C9H7BrCl2. The summed E-state index contributed by atoms with van der Waals surface area (Å²) in [5, 5.41) is 1.97. The Balaban J connectivity index is 3.21. The number of rotatable bonds is 2. The van der Waals surface area contributed by atoms with E-state index in [1.54, 1.807) is 12.1 Å². The molecule has 0 fully saturated rings. The summed E-state index contributed by atoms with van der Waals surface area (Å²) >= 11 is 15.2. The highest BCUT2D eigenvalue weighted by molar-refractivity contribution is 9.09. The molecule has 64 valence electrons. The van der Waals surface area contributed by atoms with Gasteiger partial charge in [0, 0.05) is 20.9 Å². The van der Waals surface area contributed by atoms with Gasteiger partial charge in [-0.25, -0.2) is 0 Å². The van der Waals surface area contributed by atoms with Gasteiger partial charge < -0.3 is 0 Å². The number of hydrogen-bond acceptors (Lipinski definition) is 0.